The van der Waals surface area contributed by atoms with Gasteiger partial charge in [-0.15, -0.1) is 0 Å². The second-order valence-corrected chi connectivity index (χ2v) is 6.73. The fourth-order valence-corrected chi connectivity index (χ4v) is 3.57. The first-order valence-corrected chi connectivity index (χ1v) is 9.18. The van der Waals surface area contributed by atoms with Gasteiger partial charge in [-0.25, -0.2) is 34.1 Å². The number of hydrogen-bond acceptors (Lipinski definition) is 7. The molecule has 2 amide bonds. The highest BCUT2D eigenvalue weighted by atomic mass is 32.1. The van der Waals surface area contributed by atoms with Crippen molar-refractivity contribution in [3.8, 4) is 22.5 Å². The number of thiazole rings is 1. The van der Waals surface area contributed by atoms with Gasteiger partial charge in [-0.1, -0.05) is 11.3 Å². The molecule has 0 aliphatic rings. The average molecular weight is 395 g/mol. The van der Waals surface area contributed by atoms with Gasteiger partial charge in [0.2, 0.25) is 0 Å². The molecule has 0 saturated heterocycles. The first-order valence-electron chi connectivity index (χ1n) is 8.37. The molecule has 4 rings (SSSR count). The topological polar surface area (TPSA) is 106 Å². The molecule has 3 heterocycles. The first-order chi connectivity index (χ1) is 13.6. The van der Waals surface area contributed by atoms with E-state index in [0.717, 1.165) is 28.2 Å². The SMILES string of the molecule is CCNC(=O)Nc1nc2cc(-c3cncnc3)cc(-c3ncc(F)cn3)c2s1. The number of nitrogens with one attached hydrogen (secondary N) is 2. The highest BCUT2D eigenvalue weighted by molar-refractivity contribution is 7.22. The van der Waals surface area contributed by atoms with Gasteiger partial charge in [0.1, 0.15) is 6.33 Å². The number of nitrogens with zero attached hydrogens (tertiary/aromatic N) is 5. The summed E-state index contributed by atoms with van der Waals surface area (Å²) in [7, 11) is 0. The Morgan fingerprint density at radius 2 is 1.86 bits per heavy atom. The van der Waals surface area contributed by atoms with E-state index in [0.29, 0.717) is 28.6 Å². The molecule has 0 saturated carbocycles. The predicted octanol–water partition coefficient (Wildman–Crippen LogP) is 3.49. The predicted molar refractivity (Wildman–Crippen MR) is 104 cm³/mol. The van der Waals surface area contributed by atoms with Crippen LogP contribution in [-0.2, 0) is 0 Å². The van der Waals surface area contributed by atoms with E-state index in [1.165, 1.54) is 17.7 Å². The average Bonchev–Trinajstić information content (AvgIpc) is 3.11. The van der Waals surface area contributed by atoms with E-state index in [9.17, 15) is 9.18 Å². The normalized spacial score (nSPS) is 10.8. The molecule has 0 unspecified atom stereocenters. The van der Waals surface area contributed by atoms with Crippen molar-refractivity contribution in [3.05, 3.63) is 49.1 Å². The second kappa shape index (κ2) is 7.61. The second-order valence-electron chi connectivity index (χ2n) is 5.73. The van der Waals surface area contributed by atoms with Crippen LogP contribution < -0.4 is 10.6 Å². The lowest BCUT2D eigenvalue weighted by Gasteiger charge is -2.06. The van der Waals surface area contributed by atoms with Crippen LogP contribution in [0.5, 0.6) is 0 Å². The summed E-state index contributed by atoms with van der Waals surface area (Å²) in [6.45, 7) is 2.33. The molecule has 0 aliphatic carbocycles. The van der Waals surface area contributed by atoms with Crippen LogP contribution in [0.1, 0.15) is 6.92 Å². The van der Waals surface area contributed by atoms with E-state index in [2.05, 4.69) is 35.6 Å². The highest BCUT2D eigenvalue weighted by Gasteiger charge is 2.16. The lowest BCUT2D eigenvalue weighted by Crippen LogP contribution is -2.28. The van der Waals surface area contributed by atoms with Crippen LogP contribution in [0.15, 0.2) is 43.2 Å². The molecule has 28 heavy (non-hydrogen) atoms. The standard InChI is InChI=1S/C18H14FN7OS/c1-2-22-17(27)26-18-25-14-4-10(11-5-20-9-21-6-11)3-13(15(14)28-18)16-23-7-12(19)8-24-16/h3-9H,2H2,1H3,(H2,22,25,26,27). The van der Waals surface area contributed by atoms with Crippen molar-refractivity contribution in [2.24, 2.45) is 0 Å². The van der Waals surface area contributed by atoms with Gasteiger partial charge in [0.15, 0.2) is 16.8 Å². The van der Waals surface area contributed by atoms with Crippen molar-refractivity contribution in [2.75, 3.05) is 11.9 Å². The van der Waals surface area contributed by atoms with Gasteiger partial charge in [-0.2, -0.15) is 0 Å². The van der Waals surface area contributed by atoms with Crippen LogP contribution in [-0.4, -0.2) is 37.5 Å². The van der Waals surface area contributed by atoms with E-state index < -0.39 is 5.82 Å². The largest absolute Gasteiger partial charge is 0.338 e. The first kappa shape index (κ1) is 17.9. The zero-order valence-corrected chi connectivity index (χ0v) is 15.5. The Labute approximate surface area is 162 Å². The molecule has 4 aromatic rings. The van der Waals surface area contributed by atoms with Gasteiger partial charge in [0, 0.05) is 30.1 Å². The Hall–Kier alpha value is -3.53. The minimum atomic E-state index is -0.518. The molecule has 10 heteroatoms. The fraction of sp³-hybridized carbons (Fsp3) is 0.111. The zero-order chi connectivity index (χ0) is 19.5. The summed E-state index contributed by atoms with van der Waals surface area (Å²) in [5.41, 5.74) is 2.93. The number of fused-ring (bicyclic) bond motifs is 1. The monoisotopic (exact) mass is 395 g/mol. The Balaban J connectivity index is 1.86. The van der Waals surface area contributed by atoms with Crippen molar-refractivity contribution in [3.63, 3.8) is 0 Å². The Kier molecular flexibility index (Phi) is 4.85. The summed E-state index contributed by atoms with van der Waals surface area (Å²) in [5, 5.41) is 5.81. The Bertz CT molecular complexity index is 1130. The smallest absolute Gasteiger partial charge is 0.321 e. The van der Waals surface area contributed by atoms with E-state index in [-0.39, 0.29) is 6.03 Å². The number of hydrogen-bond donors (Lipinski definition) is 2. The maximum atomic E-state index is 13.3. The quantitative estimate of drug-likeness (QED) is 0.548. The van der Waals surface area contributed by atoms with Crippen molar-refractivity contribution in [1.29, 1.82) is 0 Å². The summed E-state index contributed by atoms with van der Waals surface area (Å²) in [4.78, 5) is 32.6. The van der Waals surface area contributed by atoms with Crippen LogP contribution in [0.2, 0.25) is 0 Å². The number of halogens is 1. The number of carbonyl (C=O) groups excluding carboxylic acids is 1. The van der Waals surface area contributed by atoms with Gasteiger partial charge in [0.05, 0.1) is 22.6 Å². The van der Waals surface area contributed by atoms with Gasteiger partial charge >= 0.3 is 6.03 Å². The molecule has 0 bridgehead atoms. The van der Waals surface area contributed by atoms with Crippen molar-refractivity contribution < 1.29 is 9.18 Å². The van der Waals surface area contributed by atoms with Crippen molar-refractivity contribution >= 4 is 32.7 Å². The van der Waals surface area contributed by atoms with Gasteiger partial charge < -0.3 is 5.32 Å². The molecular weight excluding hydrogens is 381 g/mol. The third-order valence-electron chi connectivity index (χ3n) is 3.80. The van der Waals surface area contributed by atoms with Crippen molar-refractivity contribution in [2.45, 2.75) is 6.92 Å². The highest BCUT2D eigenvalue weighted by Crippen LogP contribution is 2.37. The van der Waals surface area contributed by atoms with E-state index in [1.807, 2.05) is 19.1 Å². The molecule has 2 N–H and O–H groups in total. The summed E-state index contributed by atoms with van der Waals surface area (Å²) in [5.74, 6) is -0.159. The molecule has 0 atom stereocenters. The molecular formula is C18H14FN7OS. The van der Waals surface area contributed by atoms with Gasteiger partial charge in [-0.3, -0.25) is 5.32 Å². The van der Waals surface area contributed by atoms with E-state index in [1.54, 1.807) is 12.4 Å². The molecule has 0 spiro atoms. The van der Waals surface area contributed by atoms with E-state index >= 15 is 0 Å². The van der Waals surface area contributed by atoms with Crippen molar-refractivity contribution in [1.82, 2.24) is 30.2 Å². The summed E-state index contributed by atoms with van der Waals surface area (Å²) < 4.78 is 14.1. The molecule has 0 radical (unpaired) electrons. The third kappa shape index (κ3) is 3.62. The summed E-state index contributed by atoms with van der Waals surface area (Å²) in [6, 6.07) is 3.42. The minimum Gasteiger partial charge on any atom is -0.338 e. The molecule has 0 aliphatic heterocycles. The maximum absolute atomic E-state index is 13.3. The molecule has 0 fully saturated rings. The zero-order valence-electron chi connectivity index (χ0n) is 14.7. The third-order valence-corrected chi connectivity index (χ3v) is 4.82. The van der Waals surface area contributed by atoms with Crippen LogP contribution >= 0.6 is 11.3 Å². The fourth-order valence-electron chi connectivity index (χ4n) is 2.62. The summed E-state index contributed by atoms with van der Waals surface area (Å²) in [6.07, 6.45) is 7.04. The van der Waals surface area contributed by atoms with Crippen LogP contribution in [0.4, 0.5) is 14.3 Å². The maximum Gasteiger partial charge on any atom is 0.321 e. The van der Waals surface area contributed by atoms with Crippen LogP contribution in [0.3, 0.4) is 0 Å². The van der Waals surface area contributed by atoms with E-state index in [4.69, 9.17) is 0 Å². The number of carbonyl (C=O) groups is 1. The lowest BCUT2D eigenvalue weighted by atomic mass is 10.0. The molecule has 8 nitrogen and oxygen atoms in total. The number of aromatic nitrogens is 5. The number of amides is 2. The number of urea groups is 1. The van der Waals surface area contributed by atoms with Crippen LogP contribution in [0.25, 0.3) is 32.7 Å². The van der Waals surface area contributed by atoms with Gasteiger partial charge in [-0.05, 0) is 24.6 Å². The molecule has 3 aromatic heterocycles. The molecule has 140 valence electrons. The van der Waals surface area contributed by atoms with Crippen LogP contribution in [0, 0.1) is 5.82 Å². The minimum absolute atomic E-state index is 0.335. The van der Waals surface area contributed by atoms with Gasteiger partial charge in [0.25, 0.3) is 0 Å². The summed E-state index contributed by atoms with van der Waals surface area (Å²) >= 11 is 1.29. The molecule has 1 aromatic carbocycles. The number of benzene rings is 1. The number of rotatable bonds is 4. The Morgan fingerprint density at radius 3 is 2.57 bits per heavy atom. The Morgan fingerprint density at radius 1 is 1.11 bits per heavy atom. The lowest BCUT2D eigenvalue weighted by molar-refractivity contribution is 0.252. The number of anilines is 1.